The van der Waals surface area contributed by atoms with Crippen molar-refractivity contribution in [2.24, 2.45) is 7.05 Å². The number of benzene rings is 1. The minimum Gasteiger partial charge on any atom is -0.481 e. The highest BCUT2D eigenvalue weighted by molar-refractivity contribution is 5.84. The third-order valence-electron chi connectivity index (χ3n) is 3.85. The van der Waals surface area contributed by atoms with Crippen molar-refractivity contribution in [3.05, 3.63) is 53.0 Å². The molecule has 28 heavy (non-hydrogen) atoms. The number of amides is 2. The summed E-state index contributed by atoms with van der Waals surface area (Å²) in [6, 6.07) is 5.16. The molecular formula is C17H17FN6O4. The van der Waals surface area contributed by atoms with Crippen LogP contribution in [0.5, 0.6) is 5.75 Å². The predicted molar refractivity (Wildman–Crippen MR) is 95.5 cm³/mol. The molecule has 0 aliphatic carbocycles. The third kappa shape index (κ3) is 4.14. The van der Waals surface area contributed by atoms with Crippen molar-refractivity contribution in [3.63, 3.8) is 0 Å². The number of rotatable bonds is 5. The van der Waals surface area contributed by atoms with Gasteiger partial charge in [-0.3, -0.25) is 34.5 Å². The standard InChI is InChI=1S/C17H17FN6O4/c1-10(28-12-5-3-11(18)4-6-12)16(26)22-21-14(25)8-24-9-19-15-13(17(24)27)7-20-23(15)2/h3-7,9-10H,8H2,1-2H3,(H,21,25)(H,22,26)/t10-/m0/s1. The minimum absolute atomic E-state index is 0.281. The van der Waals surface area contributed by atoms with E-state index >= 15 is 0 Å². The number of fused-ring (bicyclic) bond motifs is 1. The number of ether oxygens (including phenoxy) is 1. The van der Waals surface area contributed by atoms with E-state index in [9.17, 15) is 18.8 Å². The average molecular weight is 388 g/mol. The highest BCUT2D eigenvalue weighted by Crippen LogP contribution is 2.12. The van der Waals surface area contributed by atoms with Crippen LogP contribution in [0.2, 0.25) is 0 Å². The van der Waals surface area contributed by atoms with Crippen molar-refractivity contribution in [2.45, 2.75) is 19.6 Å². The zero-order valence-corrected chi connectivity index (χ0v) is 15.0. The molecule has 0 aliphatic rings. The second-order valence-corrected chi connectivity index (χ2v) is 5.93. The van der Waals surface area contributed by atoms with Crippen molar-refractivity contribution in [1.29, 1.82) is 0 Å². The van der Waals surface area contributed by atoms with Gasteiger partial charge in [0.2, 0.25) is 0 Å². The Morgan fingerprint density at radius 1 is 1.25 bits per heavy atom. The number of carbonyl (C=O) groups is 2. The molecule has 1 atom stereocenters. The summed E-state index contributed by atoms with van der Waals surface area (Å²) in [5, 5.41) is 4.22. The Labute approximate surface area is 157 Å². The molecule has 2 N–H and O–H groups in total. The molecule has 0 radical (unpaired) electrons. The molecule has 0 saturated heterocycles. The summed E-state index contributed by atoms with van der Waals surface area (Å²) in [5.74, 6) is -1.37. The second kappa shape index (κ2) is 7.86. The van der Waals surface area contributed by atoms with Crippen LogP contribution in [-0.2, 0) is 23.2 Å². The zero-order chi connectivity index (χ0) is 20.3. The number of halogens is 1. The lowest BCUT2D eigenvalue weighted by Gasteiger charge is -2.15. The van der Waals surface area contributed by atoms with E-state index in [2.05, 4.69) is 20.9 Å². The van der Waals surface area contributed by atoms with Gasteiger partial charge in [-0.2, -0.15) is 5.10 Å². The molecule has 0 spiro atoms. The average Bonchev–Trinajstić information content (AvgIpc) is 3.05. The number of aromatic nitrogens is 4. The Balaban J connectivity index is 1.55. The molecule has 0 aliphatic heterocycles. The van der Waals surface area contributed by atoms with E-state index in [-0.39, 0.29) is 11.9 Å². The minimum atomic E-state index is -0.943. The first-order valence-corrected chi connectivity index (χ1v) is 8.23. The van der Waals surface area contributed by atoms with Crippen molar-refractivity contribution in [1.82, 2.24) is 30.2 Å². The number of hydrazine groups is 1. The van der Waals surface area contributed by atoms with Gasteiger partial charge in [-0.15, -0.1) is 0 Å². The molecular weight excluding hydrogens is 371 g/mol. The highest BCUT2D eigenvalue weighted by atomic mass is 19.1. The summed E-state index contributed by atoms with van der Waals surface area (Å²) in [5.41, 5.74) is 4.39. The largest absolute Gasteiger partial charge is 0.481 e. The van der Waals surface area contributed by atoms with Gasteiger partial charge in [-0.25, -0.2) is 9.37 Å². The maximum absolute atomic E-state index is 12.9. The van der Waals surface area contributed by atoms with E-state index in [4.69, 9.17) is 4.74 Å². The van der Waals surface area contributed by atoms with Crippen LogP contribution in [0.3, 0.4) is 0 Å². The van der Waals surface area contributed by atoms with E-state index < -0.39 is 29.3 Å². The lowest BCUT2D eigenvalue weighted by atomic mass is 10.3. The van der Waals surface area contributed by atoms with Crippen LogP contribution in [0.15, 0.2) is 41.6 Å². The predicted octanol–water partition coefficient (Wildman–Crippen LogP) is -0.116. The third-order valence-corrected chi connectivity index (χ3v) is 3.85. The molecule has 2 amide bonds. The summed E-state index contributed by atoms with van der Waals surface area (Å²) >= 11 is 0. The van der Waals surface area contributed by atoms with Gasteiger partial charge in [0, 0.05) is 7.05 Å². The second-order valence-electron chi connectivity index (χ2n) is 5.93. The number of hydrogen-bond acceptors (Lipinski definition) is 6. The van der Waals surface area contributed by atoms with Crippen molar-refractivity contribution in [2.75, 3.05) is 0 Å². The summed E-state index contributed by atoms with van der Waals surface area (Å²) in [6.07, 6.45) is 1.66. The summed E-state index contributed by atoms with van der Waals surface area (Å²) in [4.78, 5) is 40.4. The van der Waals surface area contributed by atoms with E-state index in [0.29, 0.717) is 11.4 Å². The molecule has 146 valence electrons. The zero-order valence-electron chi connectivity index (χ0n) is 15.0. The lowest BCUT2D eigenvalue weighted by molar-refractivity contribution is -0.133. The quantitative estimate of drug-likeness (QED) is 0.588. The van der Waals surface area contributed by atoms with Gasteiger partial charge in [0.1, 0.15) is 29.8 Å². The molecule has 3 aromatic rings. The van der Waals surface area contributed by atoms with E-state index in [0.717, 1.165) is 4.57 Å². The summed E-state index contributed by atoms with van der Waals surface area (Å²) in [7, 11) is 1.65. The first-order valence-electron chi connectivity index (χ1n) is 8.23. The molecule has 0 saturated carbocycles. The van der Waals surface area contributed by atoms with Gasteiger partial charge in [-0.05, 0) is 31.2 Å². The Kier molecular flexibility index (Phi) is 5.34. The maximum atomic E-state index is 12.9. The fraction of sp³-hybridized carbons (Fsp3) is 0.235. The molecule has 11 heteroatoms. The number of hydrogen-bond donors (Lipinski definition) is 2. The molecule has 2 heterocycles. The van der Waals surface area contributed by atoms with Crippen molar-refractivity contribution in [3.8, 4) is 5.75 Å². The SMILES string of the molecule is C[C@H](Oc1ccc(F)cc1)C(=O)NNC(=O)Cn1cnc2c(cnn2C)c1=O. The van der Waals surface area contributed by atoms with Gasteiger partial charge in [0.25, 0.3) is 17.4 Å². The van der Waals surface area contributed by atoms with Gasteiger partial charge in [-0.1, -0.05) is 0 Å². The van der Waals surface area contributed by atoms with Crippen molar-refractivity contribution < 1.29 is 18.7 Å². The number of nitrogens with one attached hydrogen (secondary N) is 2. The maximum Gasteiger partial charge on any atom is 0.279 e. The summed E-state index contributed by atoms with van der Waals surface area (Å²) < 4.78 is 20.8. The highest BCUT2D eigenvalue weighted by Gasteiger charge is 2.16. The van der Waals surface area contributed by atoms with Crippen molar-refractivity contribution >= 4 is 22.8 Å². The van der Waals surface area contributed by atoms with Gasteiger partial charge in [0.15, 0.2) is 11.8 Å². The fourth-order valence-electron chi connectivity index (χ4n) is 2.38. The molecule has 0 fully saturated rings. The fourth-order valence-corrected chi connectivity index (χ4v) is 2.38. The van der Waals surface area contributed by atoms with E-state index in [1.165, 1.54) is 48.4 Å². The lowest BCUT2D eigenvalue weighted by Crippen LogP contribution is -2.48. The normalized spacial score (nSPS) is 11.8. The molecule has 0 unspecified atom stereocenters. The molecule has 10 nitrogen and oxygen atoms in total. The van der Waals surface area contributed by atoms with Gasteiger partial charge in [0.05, 0.1) is 6.20 Å². The summed E-state index contributed by atoms with van der Waals surface area (Å²) in [6.45, 7) is 1.12. The van der Waals surface area contributed by atoms with Crippen LogP contribution in [0.1, 0.15) is 6.92 Å². The Morgan fingerprint density at radius 3 is 2.68 bits per heavy atom. The number of nitrogens with zero attached hydrogens (tertiary/aromatic N) is 4. The Bertz CT molecular complexity index is 1080. The van der Waals surface area contributed by atoms with Crippen LogP contribution < -0.4 is 21.1 Å². The monoisotopic (exact) mass is 388 g/mol. The molecule has 0 bridgehead atoms. The Hall–Kier alpha value is -3.76. The van der Waals surface area contributed by atoms with Crippen LogP contribution in [0.25, 0.3) is 11.0 Å². The Morgan fingerprint density at radius 2 is 1.96 bits per heavy atom. The van der Waals surface area contributed by atoms with E-state index in [1.807, 2.05) is 0 Å². The molecule has 3 rings (SSSR count). The van der Waals surface area contributed by atoms with Gasteiger partial charge < -0.3 is 4.74 Å². The van der Waals surface area contributed by atoms with E-state index in [1.54, 1.807) is 7.05 Å². The molecule has 2 aromatic heterocycles. The first-order chi connectivity index (χ1) is 13.3. The van der Waals surface area contributed by atoms with Gasteiger partial charge >= 0.3 is 0 Å². The van der Waals surface area contributed by atoms with Crippen LogP contribution >= 0.6 is 0 Å². The van der Waals surface area contributed by atoms with Crippen LogP contribution in [-0.4, -0.2) is 37.2 Å². The van der Waals surface area contributed by atoms with Crippen LogP contribution in [0, 0.1) is 5.82 Å². The molecule has 1 aromatic carbocycles. The topological polar surface area (TPSA) is 120 Å². The number of aryl methyl sites for hydroxylation is 1. The van der Waals surface area contributed by atoms with Crippen LogP contribution in [0.4, 0.5) is 4.39 Å². The first kappa shape index (κ1) is 19.0. The smallest absolute Gasteiger partial charge is 0.279 e. The number of carbonyl (C=O) groups excluding carboxylic acids is 2.